The summed E-state index contributed by atoms with van der Waals surface area (Å²) < 4.78 is 24.2. The van der Waals surface area contributed by atoms with Gasteiger partial charge in [-0.05, 0) is 44.4 Å². The molecule has 0 aliphatic heterocycles. The van der Waals surface area contributed by atoms with E-state index in [2.05, 4.69) is 30.9 Å². The number of benzene rings is 2. The molecular weight excluding hydrogens is 353 g/mol. The van der Waals surface area contributed by atoms with Gasteiger partial charge >= 0.3 is 0 Å². The molecule has 0 saturated carbocycles. The molecule has 2 aromatic carbocycles. The first kappa shape index (κ1) is 13.1. The highest BCUT2D eigenvalue weighted by Gasteiger charge is 2.14. The van der Waals surface area contributed by atoms with Crippen LogP contribution in [0.15, 0.2) is 33.4 Å². The van der Waals surface area contributed by atoms with Gasteiger partial charge in [-0.1, -0.05) is 11.6 Å². The molecule has 0 atom stereocenters. The SMILES string of the molecule is Nc1ccc(Oc2cc(F)c(Cl)cc2Br)c2nonc12. The minimum absolute atomic E-state index is 0.00483. The Morgan fingerprint density at radius 2 is 1.95 bits per heavy atom. The summed E-state index contributed by atoms with van der Waals surface area (Å²) in [6, 6.07) is 5.77. The Labute approximate surface area is 125 Å². The Bertz CT molecular complexity index is 809. The fourth-order valence-corrected chi connectivity index (χ4v) is 2.37. The number of nitrogens with two attached hydrogens (primary N) is 1. The van der Waals surface area contributed by atoms with Gasteiger partial charge in [0, 0.05) is 6.07 Å². The van der Waals surface area contributed by atoms with Gasteiger partial charge < -0.3 is 10.5 Å². The zero-order chi connectivity index (χ0) is 14.3. The van der Waals surface area contributed by atoms with Gasteiger partial charge in [-0.2, -0.15) is 0 Å². The smallest absolute Gasteiger partial charge is 0.179 e. The number of halogens is 3. The van der Waals surface area contributed by atoms with Crippen molar-refractivity contribution in [2.75, 3.05) is 5.73 Å². The van der Waals surface area contributed by atoms with Crippen molar-refractivity contribution in [1.82, 2.24) is 10.3 Å². The van der Waals surface area contributed by atoms with Gasteiger partial charge in [-0.15, -0.1) is 0 Å². The number of rotatable bonds is 2. The summed E-state index contributed by atoms with van der Waals surface area (Å²) >= 11 is 8.92. The lowest BCUT2D eigenvalue weighted by Gasteiger charge is -2.09. The van der Waals surface area contributed by atoms with Crippen molar-refractivity contribution in [1.29, 1.82) is 0 Å². The highest BCUT2D eigenvalue weighted by molar-refractivity contribution is 9.10. The van der Waals surface area contributed by atoms with Crippen LogP contribution in [-0.4, -0.2) is 10.3 Å². The zero-order valence-corrected chi connectivity index (χ0v) is 12.1. The average Bonchev–Trinajstić information content (AvgIpc) is 2.89. The van der Waals surface area contributed by atoms with E-state index in [0.29, 0.717) is 26.9 Å². The minimum atomic E-state index is -0.588. The lowest BCUT2D eigenvalue weighted by Crippen LogP contribution is -1.92. The van der Waals surface area contributed by atoms with Crippen molar-refractivity contribution < 1.29 is 13.8 Å². The predicted octanol–water partition coefficient (Wildman–Crippen LogP) is 4.15. The van der Waals surface area contributed by atoms with Gasteiger partial charge in [0.1, 0.15) is 11.6 Å². The molecule has 1 heterocycles. The van der Waals surface area contributed by atoms with Crippen LogP contribution in [0.4, 0.5) is 10.1 Å². The topological polar surface area (TPSA) is 74.2 Å². The molecule has 8 heteroatoms. The van der Waals surface area contributed by atoms with E-state index in [9.17, 15) is 4.39 Å². The van der Waals surface area contributed by atoms with Crippen LogP contribution < -0.4 is 10.5 Å². The number of hydrogen-bond acceptors (Lipinski definition) is 5. The zero-order valence-electron chi connectivity index (χ0n) is 9.73. The number of ether oxygens (including phenoxy) is 1. The molecule has 3 rings (SSSR count). The molecule has 0 amide bonds. The lowest BCUT2D eigenvalue weighted by molar-refractivity contribution is 0.314. The molecule has 0 unspecified atom stereocenters. The summed E-state index contributed by atoms with van der Waals surface area (Å²) in [6.45, 7) is 0. The molecule has 0 saturated heterocycles. The second-order valence-electron chi connectivity index (χ2n) is 3.91. The van der Waals surface area contributed by atoms with Gasteiger partial charge in [0.2, 0.25) is 0 Å². The van der Waals surface area contributed by atoms with Gasteiger partial charge in [0.25, 0.3) is 0 Å². The monoisotopic (exact) mass is 357 g/mol. The Morgan fingerprint density at radius 3 is 2.75 bits per heavy atom. The Kier molecular flexibility index (Phi) is 3.23. The molecule has 0 spiro atoms. The fourth-order valence-electron chi connectivity index (χ4n) is 1.65. The van der Waals surface area contributed by atoms with E-state index in [-0.39, 0.29) is 10.8 Å². The highest BCUT2D eigenvalue weighted by Crippen LogP contribution is 2.36. The molecule has 0 aliphatic rings. The van der Waals surface area contributed by atoms with Crippen molar-refractivity contribution in [3.8, 4) is 11.5 Å². The van der Waals surface area contributed by atoms with E-state index in [0.717, 1.165) is 0 Å². The van der Waals surface area contributed by atoms with Crippen LogP contribution in [0, 0.1) is 5.82 Å². The van der Waals surface area contributed by atoms with Crippen LogP contribution in [0.2, 0.25) is 5.02 Å². The van der Waals surface area contributed by atoms with Gasteiger partial charge in [0.05, 0.1) is 15.2 Å². The maximum atomic E-state index is 13.5. The van der Waals surface area contributed by atoms with Crippen molar-refractivity contribution in [3.63, 3.8) is 0 Å². The number of aromatic nitrogens is 2. The summed E-state index contributed by atoms with van der Waals surface area (Å²) in [6.07, 6.45) is 0. The van der Waals surface area contributed by atoms with Gasteiger partial charge in [-0.25, -0.2) is 9.02 Å². The largest absolute Gasteiger partial charge is 0.454 e. The van der Waals surface area contributed by atoms with E-state index < -0.39 is 5.82 Å². The normalized spacial score (nSPS) is 10.9. The van der Waals surface area contributed by atoms with E-state index in [4.69, 9.17) is 22.1 Å². The summed E-state index contributed by atoms with van der Waals surface area (Å²) in [5, 5.41) is 7.39. The second-order valence-corrected chi connectivity index (χ2v) is 5.17. The summed E-state index contributed by atoms with van der Waals surface area (Å²) in [5.74, 6) is 0.00803. The fraction of sp³-hybridized carbons (Fsp3) is 0. The lowest BCUT2D eigenvalue weighted by atomic mass is 10.2. The quantitative estimate of drug-likeness (QED) is 0.550. The van der Waals surface area contributed by atoms with Crippen molar-refractivity contribution in [3.05, 3.63) is 39.6 Å². The number of hydrogen-bond donors (Lipinski definition) is 1. The number of fused-ring (bicyclic) bond motifs is 1. The Hall–Kier alpha value is -1.86. The number of anilines is 1. The predicted molar refractivity (Wildman–Crippen MR) is 75.4 cm³/mol. The first-order valence-electron chi connectivity index (χ1n) is 5.39. The van der Waals surface area contributed by atoms with Crippen LogP contribution in [-0.2, 0) is 0 Å². The summed E-state index contributed by atoms with van der Waals surface area (Å²) in [4.78, 5) is 0. The van der Waals surface area contributed by atoms with E-state index in [1.54, 1.807) is 12.1 Å². The van der Waals surface area contributed by atoms with Crippen LogP contribution in [0.5, 0.6) is 11.5 Å². The molecular formula is C12H6BrClFN3O2. The molecule has 5 nitrogen and oxygen atoms in total. The number of nitrogens with zero attached hydrogens (tertiary/aromatic N) is 2. The van der Waals surface area contributed by atoms with Crippen LogP contribution >= 0.6 is 27.5 Å². The van der Waals surface area contributed by atoms with Gasteiger partial charge in [0.15, 0.2) is 16.8 Å². The maximum absolute atomic E-state index is 13.5. The standard InChI is InChI=1S/C12H6BrClFN3O2/c13-5-3-6(14)7(15)4-10(5)19-9-2-1-8(16)11-12(9)18-20-17-11/h1-4H,16H2. The van der Waals surface area contributed by atoms with Gasteiger partial charge in [-0.3, -0.25) is 0 Å². The molecule has 1 aromatic heterocycles. The average molecular weight is 359 g/mol. The van der Waals surface area contributed by atoms with E-state index in [1.807, 2.05) is 0 Å². The Balaban J connectivity index is 2.08. The molecule has 0 aliphatic carbocycles. The summed E-state index contributed by atoms with van der Waals surface area (Å²) in [5.41, 5.74) is 6.88. The molecule has 3 aromatic rings. The van der Waals surface area contributed by atoms with Crippen molar-refractivity contribution in [2.45, 2.75) is 0 Å². The molecule has 102 valence electrons. The molecule has 0 fully saturated rings. The van der Waals surface area contributed by atoms with Crippen LogP contribution in [0.1, 0.15) is 0 Å². The molecule has 2 N–H and O–H groups in total. The number of nitrogen functional groups attached to an aromatic ring is 1. The Morgan fingerprint density at radius 1 is 1.20 bits per heavy atom. The third-order valence-electron chi connectivity index (χ3n) is 2.60. The first-order chi connectivity index (χ1) is 9.56. The minimum Gasteiger partial charge on any atom is -0.454 e. The third-order valence-corrected chi connectivity index (χ3v) is 3.51. The van der Waals surface area contributed by atoms with E-state index in [1.165, 1.54) is 12.1 Å². The van der Waals surface area contributed by atoms with Crippen molar-refractivity contribution in [2.24, 2.45) is 0 Å². The molecule has 0 radical (unpaired) electrons. The molecule has 0 bridgehead atoms. The second kappa shape index (κ2) is 4.92. The van der Waals surface area contributed by atoms with Crippen LogP contribution in [0.25, 0.3) is 11.0 Å². The third kappa shape index (κ3) is 2.19. The maximum Gasteiger partial charge on any atom is 0.179 e. The van der Waals surface area contributed by atoms with Crippen LogP contribution in [0.3, 0.4) is 0 Å². The van der Waals surface area contributed by atoms with E-state index >= 15 is 0 Å². The summed E-state index contributed by atoms with van der Waals surface area (Å²) in [7, 11) is 0. The highest BCUT2D eigenvalue weighted by atomic mass is 79.9. The molecule has 20 heavy (non-hydrogen) atoms. The van der Waals surface area contributed by atoms with Crippen molar-refractivity contribution >= 4 is 44.3 Å². The first-order valence-corrected chi connectivity index (χ1v) is 6.56.